The summed E-state index contributed by atoms with van der Waals surface area (Å²) in [5.41, 5.74) is 3.83. The molecule has 1 aromatic carbocycles. The van der Waals surface area contributed by atoms with Crippen LogP contribution in [0.4, 0.5) is 0 Å². The lowest BCUT2D eigenvalue weighted by Crippen LogP contribution is -2.22. The van der Waals surface area contributed by atoms with Crippen molar-refractivity contribution < 1.29 is 4.79 Å². The van der Waals surface area contributed by atoms with E-state index in [-0.39, 0.29) is 17.8 Å². The second-order valence-corrected chi connectivity index (χ2v) is 6.99. The van der Waals surface area contributed by atoms with Crippen LogP contribution < -0.4 is 5.56 Å². The van der Waals surface area contributed by atoms with Crippen LogP contribution in [0.15, 0.2) is 52.3 Å². The summed E-state index contributed by atoms with van der Waals surface area (Å²) in [4.78, 5) is 26.2. The van der Waals surface area contributed by atoms with Gasteiger partial charge in [-0.2, -0.15) is 5.26 Å². The van der Waals surface area contributed by atoms with Crippen molar-refractivity contribution in [2.45, 2.75) is 25.2 Å². The van der Waals surface area contributed by atoms with E-state index in [4.69, 9.17) is 0 Å². The summed E-state index contributed by atoms with van der Waals surface area (Å²) in [7, 11) is 0. The first kappa shape index (κ1) is 18.0. The van der Waals surface area contributed by atoms with Gasteiger partial charge < -0.3 is 0 Å². The third-order valence-electron chi connectivity index (χ3n) is 4.53. The Kier molecular flexibility index (Phi) is 4.97. The van der Waals surface area contributed by atoms with Gasteiger partial charge in [0, 0.05) is 17.5 Å². The van der Waals surface area contributed by atoms with E-state index in [1.165, 1.54) is 21.7 Å². The minimum absolute atomic E-state index is 0.0182. The maximum Gasteiger partial charge on any atom is 0.274 e. The molecule has 2 aromatic heterocycles. The number of fused-ring (bicyclic) bond motifs is 1. The maximum atomic E-state index is 13.1. The summed E-state index contributed by atoms with van der Waals surface area (Å²) in [6.45, 7) is 4.05. The predicted octanol–water partition coefficient (Wildman–Crippen LogP) is 3.94. The fourth-order valence-corrected chi connectivity index (χ4v) is 3.80. The van der Waals surface area contributed by atoms with E-state index in [0.717, 1.165) is 11.1 Å². The molecular weight excluding hydrogens is 344 g/mol. The van der Waals surface area contributed by atoms with E-state index < -0.39 is 5.56 Å². The molecule has 0 N–H and O–H groups in total. The zero-order valence-corrected chi connectivity index (χ0v) is 15.7. The summed E-state index contributed by atoms with van der Waals surface area (Å²) in [6.07, 6.45) is 3.60. The van der Waals surface area contributed by atoms with Crippen LogP contribution in [-0.4, -0.2) is 16.4 Å². The maximum absolute atomic E-state index is 13.1. The Morgan fingerprint density at radius 3 is 2.62 bits per heavy atom. The lowest BCUT2D eigenvalue weighted by Gasteiger charge is -2.13. The van der Waals surface area contributed by atoms with Gasteiger partial charge in [-0.25, -0.2) is 0 Å². The largest absolute Gasteiger partial charge is 0.294 e. The monoisotopic (exact) mass is 362 g/mol. The Morgan fingerprint density at radius 1 is 1.19 bits per heavy atom. The Hall–Kier alpha value is -2.84. The first-order valence-electron chi connectivity index (χ1n) is 8.18. The first-order chi connectivity index (χ1) is 12.5. The number of carbonyl (C=O) groups excluding carboxylic acids is 1. The predicted molar refractivity (Wildman–Crippen MR) is 104 cm³/mol. The number of nitrogens with zero attached hydrogens (tertiary/aromatic N) is 2. The molecule has 5 heteroatoms. The van der Waals surface area contributed by atoms with E-state index in [2.05, 4.69) is 0 Å². The highest BCUT2D eigenvalue weighted by molar-refractivity contribution is 7.98. The third-order valence-corrected chi connectivity index (χ3v) is 5.35. The van der Waals surface area contributed by atoms with Gasteiger partial charge in [0.05, 0.1) is 11.1 Å². The number of aromatic nitrogens is 1. The molecule has 0 bridgehead atoms. The average molecular weight is 362 g/mol. The Balaban J connectivity index is 2.21. The van der Waals surface area contributed by atoms with E-state index in [1.807, 2.05) is 38.1 Å². The number of ketones is 1. The van der Waals surface area contributed by atoms with Crippen molar-refractivity contribution in [3.8, 4) is 6.07 Å². The van der Waals surface area contributed by atoms with Crippen molar-refractivity contribution in [3.05, 3.63) is 80.8 Å². The highest BCUT2D eigenvalue weighted by Crippen LogP contribution is 2.28. The van der Waals surface area contributed by atoms with Gasteiger partial charge in [-0.3, -0.25) is 14.0 Å². The van der Waals surface area contributed by atoms with Gasteiger partial charge in [-0.1, -0.05) is 24.3 Å². The van der Waals surface area contributed by atoms with E-state index in [0.29, 0.717) is 16.0 Å². The molecule has 2 heterocycles. The van der Waals surface area contributed by atoms with Crippen molar-refractivity contribution in [1.29, 1.82) is 5.26 Å². The fourth-order valence-electron chi connectivity index (χ4n) is 3.04. The molecule has 0 amide bonds. The fraction of sp³-hybridized carbons (Fsp3) is 0.190. The highest BCUT2D eigenvalue weighted by Gasteiger charge is 2.22. The van der Waals surface area contributed by atoms with Gasteiger partial charge in [0.2, 0.25) is 0 Å². The SMILES string of the molecule is CSc1c(C#N)c(=O)n2ccccc2c1C(=O)Cc1ccc(C)c(C)c1. The molecule has 3 aromatic rings. The van der Waals surface area contributed by atoms with Crippen molar-refractivity contribution in [1.82, 2.24) is 4.40 Å². The highest BCUT2D eigenvalue weighted by atomic mass is 32.2. The smallest absolute Gasteiger partial charge is 0.274 e. The second kappa shape index (κ2) is 7.19. The van der Waals surface area contributed by atoms with Crippen LogP contribution in [0.3, 0.4) is 0 Å². The van der Waals surface area contributed by atoms with Gasteiger partial charge in [0.25, 0.3) is 5.56 Å². The van der Waals surface area contributed by atoms with Crippen molar-refractivity contribution in [3.63, 3.8) is 0 Å². The Labute approximate surface area is 156 Å². The number of pyridine rings is 2. The summed E-state index contributed by atoms with van der Waals surface area (Å²) >= 11 is 1.26. The summed E-state index contributed by atoms with van der Waals surface area (Å²) in [6, 6.07) is 13.2. The minimum atomic E-state index is -0.393. The van der Waals surface area contributed by atoms with E-state index >= 15 is 0 Å². The molecule has 0 aliphatic rings. The first-order valence-corrected chi connectivity index (χ1v) is 9.41. The average Bonchev–Trinajstić information content (AvgIpc) is 2.64. The number of nitriles is 1. The summed E-state index contributed by atoms with van der Waals surface area (Å²) in [5, 5.41) is 9.46. The lowest BCUT2D eigenvalue weighted by molar-refractivity contribution is 0.0991. The molecule has 0 aliphatic carbocycles. The van der Waals surface area contributed by atoms with Crippen molar-refractivity contribution in [2.24, 2.45) is 0 Å². The van der Waals surface area contributed by atoms with Gasteiger partial charge in [-0.05, 0) is 48.9 Å². The number of thioether (sulfide) groups is 1. The molecule has 3 rings (SSSR count). The van der Waals surface area contributed by atoms with Gasteiger partial charge >= 0.3 is 0 Å². The Morgan fingerprint density at radius 2 is 1.96 bits per heavy atom. The zero-order chi connectivity index (χ0) is 18.8. The van der Waals surface area contributed by atoms with Crippen LogP contribution in [0.1, 0.15) is 32.6 Å². The quantitative estimate of drug-likeness (QED) is 0.521. The number of aryl methyl sites for hydroxylation is 2. The van der Waals surface area contributed by atoms with E-state index in [9.17, 15) is 14.9 Å². The number of carbonyl (C=O) groups is 1. The Bertz CT molecular complexity index is 1120. The van der Waals surface area contributed by atoms with Crippen LogP contribution >= 0.6 is 11.8 Å². The van der Waals surface area contributed by atoms with Crippen LogP contribution in [-0.2, 0) is 6.42 Å². The van der Waals surface area contributed by atoms with Crippen molar-refractivity contribution in [2.75, 3.05) is 6.26 Å². The molecule has 0 unspecified atom stereocenters. The van der Waals surface area contributed by atoms with Crippen LogP contribution in [0.25, 0.3) is 5.52 Å². The molecular formula is C21H18N2O2S. The van der Waals surface area contributed by atoms with Gasteiger partial charge in [0.15, 0.2) is 5.78 Å². The molecule has 26 heavy (non-hydrogen) atoms. The summed E-state index contributed by atoms with van der Waals surface area (Å²) in [5.74, 6) is -0.0993. The number of hydrogen-bond acceptors (Lipinski definition) is 4. The summed E-state index contributed by atoms with van der Waals surface area (Å²) < 4.78 is 1.38. The van der Waals surface area contributed by atoms with Crippen molar-refractivity contribution >= 4 is 23.1 Å². The molecule has 0 saturated heterocycles. The lowest BCUT2D eigenvalue weighted by atomic mass is 9.98. The molecule has 0 spiro atoms. The molecule has 0 fully saturated rings. The molecule has 0 radical (unpaired) electrons. The van der Waals surface area contributed by atoms with Crippen LogP contribution in [0.2, 0.25) is 0 Å². The topological polar surface area (TPSA) is 62.3 Å². The molecule has 4 nitrogen and oxygen atoms in total. The van der Waals surface area contributed by atoms with Gasteiger partial charge in [0.1, 0.15) is 11.6 Å². The molecule has 130 valence electrons. The number of rotatable bonds is 4. The third kappa shape index (κ3) is 3.04. The number of Topliss-reactive ketones (excluding diaryl/α,β-unsaturated/α-hetero) is 1. The van der Waals surface area contributed by atoms with Crippen LogP contribution in [0.5, 0.6) is 0 Å². The van der Waals surface area contributed by atoms with Crippen LogP contribution in [0, 0.1) is 25.2 Å². The number of hydrogen-bond donors (Lipinski definition) is 0. The minimum Gasteiger partial charge on any atom is -0.294 e. The van der Waals surface area contributed by atoms with E-state index in [1.54, 1.807) is 30.7 Å². The molecule has 0 aliphatic heterocycles. The normalized spacial score (nSPS) is 10.7. The van der Waals surface area contributed by atoms with Gasteiger partial charge in [-0.15, -0.1) is 11.8 Å². The number of benzene rings is 1. The molecule has 0 saturated carbocycles. The second-order valence-electron chi connectivity index (χ2n) is 6.17. The molecule has 0 atom stereocenters. The standard InChI is InChI=1S/C21H18N2O2S/c1-13-7-8-15(10-14(13)2)11-18(24)19-17-6-4-5-9-23(17)21(25)16(12-22)20(19)26-3/h4-10H,11H2,1-3H3. The zero-order valence-electron chi connectivity index (χ0n) is 14.9.